The number of rotatable bonds is 10. The van der Waals surface area contributed by atoms with Crippen LogP contribution in [0.1, 0.15) is 35.4 Å². The number of carbonyl (C=O) groups is 1. The van der Waals surface area contributed by atoms with Crippen LogP contribution in [0.5, 0.6) is 5.75 Å². The highest BCUT2D eigenvalue weighted by molar-refractivity contribution is 7.12. The van der Waals surface area contributed by atoms with E-state index in [4.69, 9.17) is 9.47 Å². The average molecular weight is 513 g/mol. The van der Waals surface area contributed by atoms with Crippen LogP contribution >= 0.6 is 22.7 Å². The Morgan fingerprint density at radius 3 is 2.34 bits per heavy atom. The van der Waals surface area contributed by atoms with E-state index in [1.807, 2.05) is 65.4 Å². The van der Waals surface area contributed by atoms with Crippen LogP contribution in [0, 0.1) is 11.8 Å². The van der Waals surface area contributed by atoms with Crippen molar-refractivity contribution in [3.8, 4) is 5.75 Å². The van der Waals surface area contributed by atoms with Crippen molar-refractivity contribution in [1.82, 2.24) is 0 Å². The maximum atomic E-state index is 13.5. The Hall–Kier alpha value is -2.19. The highest BCUT2D eigenvalue weighted by Crippen LogP contribution is 2.51. The number of fused-ring (bicyclic) bond motifs is 2. The molecule has 2 aromatic heterocycles. The summed E-state index contributed by atoms with van der Waals surface area (Å²) in [5, 5.41) is 15.4. The van der Waals surface area contributed by atoms with Crippen LogP contribution in [0.25, 0.3) is 0 Å². The van der Waals surface area contributed by atoms with Gasteiger partial charge in [0.05, 0.1) is 43.0 Å². The molecule has 4 atom stereocenters. The molecule has 5 nitrogen and oxygen atoms in total. The molecule has 35 heavy (non-hydrogen) atoms. The maximum absolute atomic E-state index is 13.5. The Bertz CT molecular complexity index is 1060. The molecule has 2 aliphatic carbocycles. The first-order valence-corrected chi connectivity index (χ1v) is 14.2. The zero-order valence-corrected chi connectivity index (χ0v) is 22.0. The molecule has 1 unspecified atom stereocenters. The summed E-state index contributed by atoms with van der Waals surface area (Å²) in [5.41, 5.74) is -1.74. The van der Waals surface area contributed by atoms with Crippen LogP contribution < -0.4 is 4.74 Å². The van der Waals surface area contributed by atoms with Gasteiger partial charge in [-0.3, -0.25) is 0 Å². The number of hydrogen-bond acceptors (Lipinski definition) is 6. The summed E-state index contributed by atoms with van der Waals surface area (Å²) in [4.78, 5) is 14.7. The summed E-state index contributed by atoms with van der Waals surface area (Å²) >= 11 is 2.77. The van der Waals surface area contributed by atoms with E-state index in [9.17, 15) is 9.90 Å². The Morgan fingerprint density at radius 1 is 1.03 bits per heavy atom. The van der Waals surface area contributed by atoms with Crippen molar-refractivity contribution in [2.24, 2.45) is 11.8 Å². The summed E-state index contributed by atoms with van der Waals surface area (Å²) in [6.07, 6.45) is 3.97. The van der Waals surface area contributed by atoms with Gasteiger partial charge in [0.25, 0.3) is 0 Å². The molecule has 2 fully saturated rings. The lowest BCUT2D eigenvalue weighted by molar-refractivity contribution is -0.919. The monoisotopic (exact) mass is 512 g/mol. The van der Waals surface area contributed by atoms with Crippen LogP contribution in [0.3, 0.4) is 0 Å². The van der Waals surface area contributed by atoms with Crippen molar-refractivity contribution < 1.29 is 23.9 Å². The van der Waals surface area contributed by atoms with E-state index in [0.717, 1.165) is 36.0 Å². The third-order valence-electron chi connectivity index (χ3n) is 7.81. The van der Waals surface area contributed by atoms with E-state index < -0.39 is 11.6 Å². The Morgan fingerprint density at radius 2 is 1.71 bits per heavy atom. The van der Waals surface area contributed by atoms with E-state index in [-0.39, 0.29) is 6.10 Å². The summed E-state index contributed by atoms with van der Waals surface area (Å²) in [5.74, 6) is 1.24. The van der Waals surface area contributed by atoms with Crippen molar-refractivity contribution in [2.45, 2.75) is 43.4 Å². The SMILES string of the molecule is C[N+](C)(CCCOc1ccccc1)C1[C@H]2CC[C@@H]1[C@H](OC(=O)C(O)(c1cccs1)c1cccs1)C2. The van der Waals surface area contributed by atoms with Crippen LogP contribution in [0.15, 0.2) is 65.4 Å². The van der Waals surface area contributed by atoms with E-state index in [1.54, 1.807) is 0 Å². The second-order valence-corrected chi connectivity index (χ2v) is 12.2. The van der Waals surface area contributed by atoms with E-state index in [0.29, 0.717) is 34.2 Å². The molecular weight excluding hydrogens is 478 g/mol. The fourth-order valence-electron chi connectivity index (χ4n) is 6.30. The molecule has 1 N–H and O–H groups in total. The molecule has 2 bridgehead atoms. The normalized spacial score (nSPS) is 24.0. The lowest BCUT2D eigenvalue weighted by Crippen LogP contribution is -2.53. The summed E-state index contributed by atoms with van der Waals surface area (Å²) in [7, 11) is 4.60. The van der Waals surface area contributed by atoms with Gasteiger partial charge in [-0.2, -0.15) is 0 Å². The quantitative estimate of drug-likeness (QED) is 0.228. The molecular formula is C28H34NO4S2+. The molecule has 1 aromatic carbocycles. The van der Waals surface area contributed by atoms with E-state index >= 15 is 0 Å². The second kappa shape index (κ2) is 10.1. The molecule has 2 aliphatic rings. The zero-order valence-electron chi connectivity index (χ0n) is 20.3. The predicted molar refractivity (Wildman–Crippen MR) is 140 cm³/mol. The van der Waals surface area contributed by atoms with Crippen LogP contribution in [0.4, 0.5) is 0 Å². The average Bonchev–Trinajstić information content (AvgIpc) is 3.66. The smallest absolute Gasteiger partial charge is 0.349 e. The number of ether oxygens (including phenoxy) is 2. The number of quaternary nitrogens is 1. The molecule has 0 radical (unpaired) electrons. The number of esters is 1. The van der Waals surface area contributed by atoms with Crippen molar-refractivity contribution >= 4 is 28.6 Å². The molecule has 5 rings (SSSR count). The number of nitrogens with zero attached hydrogens (tertiary/aromatic N) is 1. The van der Waals surface area contributed by atoms with Gasteiger partial charge in [0.2, 0.25) is 5.60 Å². The second-order valence-electron chi connectivity index (χ2n) is 10.4. The minimum atomic E-state index is -1.74. The van der Waals surface area contributed by atoms with Crippen LogP contribution in [0.2, 0.25) is 0 Å². The van der Waals surface area contributed by atoms with Crippen LogP contribution in [-0.4, -0.2) is 55.0 Å². The first-order valence-electron chi connectivity index (χ1n) is 12.4. The van der Waals surface area contributed by atoms with Crippen LogP contribution in [-0.2, 0) is 15.1 Å². The van der Waals surface area contributed by atoms with Gasteiger partial charge in [0.1, 0.15) is 11.9 Å². The molecule has 3 aromatic rings. The summed E-state index contributed by atoms with van der Waals surface area (Å²) < 4.78 is 13.0. The molecule has 186 valence electrons. The van der Waals surface area contributed by atoms with Crippen molar-refractivity contribution in [3.05, 3.63) is 75.1 Å². The summed E-state index contributed by atoms with van der Waals surface area (Å²) in [6, 6.07) is 17.8. The topological polar surface area (TPSA) is 55.8 Å². The number of aliphatic hydroxyl groups is 1. The zero-order chi connectivity index (χ0) is 24.5. The third kappa shape index (κ3) is 4.79. The van der Waals surface area contributed by atoms with Gasteiger partial charge < -0.3 is 19.1 Å². The predicted octanol–water partition coefficient (Wildman–Crippen LogP) is 5.30. The van der Waals surface area contributed by atoms with Gasteiger partial charge in [-0.1, -0.05) is 30.3 Å². The molecule has 2 saturated carbocycles. The van der Waals surface area contributed by atoms with Crippen molar-refractivity contribution in [3.63, 3.8) is 0 Å². The van der Waals surface area contributed by atoms with Gasteiger partial charge in [0, 0.05) is 18.3 Å². The maximum Gasteiger partial charge on any atom is 0.349 e. The van der Waals surface area contributed by atoms with Gasteiger partial charge in [-0.15, -0.1) is 22.7 Å². The molecule has 0 aliphatic heterocycles. The Balaban J connectivity index is 1.23. The third-order valence-corrected chi connectivity index (χ3v) is 9.77. The van der Waals surface area contributed by atoms with Gasteiger partial charge in [0.15, 0.2) is 0 Å². The molecule has 0 amide bonds. The fourth-order valence-corrected chi connectivity index (χ4v) is 8.01. The Labute approximate surface area is 215 Å². The summed E-state index contributed by atoms with van der Waals surface area (Å²) in [6.45, 7) is 1.71. The number of hydrogen-bond donors (Lipinski definition) is 1. The molecule has 7 heteroatoms. The van der Waals surface area contributed by atoms with Crippen molar-refractivity contribution in [1.29, 1.82) is 0 Å². The number of carbonyl (C=O) groups excluding carboxylic acids is 1. The van der Waals surface area contributed by atoms with Gasteiger partial charge >= 0.3 is 5.97 Å². The Kier molecular flexibility index (Phi) is 7.04. The highest BCUT2D eigenvalue weighted by Gasteiger charge is 2.58. The largest absolute Gasteiger partial charge is 0.493 e. The minimum absolute atomic E-state index is 0.143. The lowest BCUT2D eigenvalue weighted by Gasteiger charge is -2.39. The van der Waals surface area contributed by atoms with E-state index in [2.05, 4.69) is 14.1 Å². The number of benzene rings is 1. The minimum Gasteiger partial charge on any atom is -0.493 e. The molecule has 0 spiro atoms. The number of thiophene rings is 2. The van der Waals surface area contributed by atoms with Gasteiger partial charge in [-0.25, -0.2) is 4.79 Å². The highest BCUT2D eigenvalue weighted by atomic mass is 32.1. The molecule has 2 heterocycles. The number of para-hydroxylation sites is 1. The fraction of sp³-hybridized carbons (Fsp3) is 0.464. The first kappa shape index (κ1) is 24.5. The van der Waals surface area contributed by atoms with Crippen molar-refractivity contribution in [2.75, 3.05) is 27.2 Å². The van der Waals surface area contributed by atoms with Gasteiger partial charge in [-0.05, 0) is 54.3 Å². The first-order chi connectivity index (χ1) is 16.9. The van der Waals surface area contributed by atoms with E-state index in [1.165, 1.54) is 29.1 Å². The standard InChI is InChI=1S/C28H34NO4S2/c1-29(2,15-8-16-32-21-9-4-3-5-10-21)26-20-13-14-22(26)23(19-20)33-27(30)28(31,24-11-6-17-34-24)25-12-7-18-35-25/h3-7,9-12,17-18,20,22-23,26,31H,8,13-16,19H2,1-2H3/q+1/t20-,22+,23+,26?/m0/s1. The lowest BCUT2D eigenvalue weighted by atomic mass is 9.96. The molecule has 0 saturated heterocycles.